The van der Waals surface area contributed by atoms with Crippen LogP contribution in [0.5, 0.6) is 0 Å². The lowest BCUT2D eigenvalue weighted by Gasteiger charge is -1.99. The smallest absolute Gasteiger partial charge is 0.145 e. The van der Waals surface area contributed by atoms with Crippen LogP contribution in [0.1, 0.15) is 49.4 Å². The average Bonchev–Trinajstić information content (AvgIpc) is 2.83. The Hall–Kier alpha value is -0.770. The molecule has 1 unspecified atom stereocenters. The van der Waals surface area contributed by atoms with E-state index in [0.29, 0.717) is 5.92 Å². The molecule has 0 amide bonds. The highest BCUT2D eigenvalue weighted by Crippen LogP contribution is 2.39. The Balaban J connectivity index is 2.16. The fraction of sp³-hybridized carbons (Fsp3) is 0.667. The lowest BCUT2D eigenvalue weighted by Crippen LogP contribution is -2.03. The van der Waals surface area contributed by atoms with Crippen LogP contribution < -0.4 is 0 Å². The molecule has 0 aromatic carbocycles. The minimum atomic E-state index is -0.0787. The highest BCUT2D eigenvalue weighted by molar-refractivity contribution is 7.05. The van der Waals surface area contributed by atoms with Gasteiger partial charge in [-0.2, -0.15) is 4.37 Å². The molecule has 70 valence electrons. The first-order chi connectivity index (χ1) is 6.18. The number of rotatable bonds is 3. The third-order valence-electron chi connectivity index (χ3n) is 2.38. The van der Waals surface area contributed by atoms with Gasteiger partial charge in [0.1, 0.15) is 16.6 Å². The van der Waals surface area contributed by atoms with Gasteiger partial charge in [-0.05, 0) is 38.2 Å². The lowest BCUT2D eigenvalue weighted by atomic mass is 10.1. The molecule has 0 saturated heterocycles. The minimum absolute atomic E-state index is 0.0787. The molecule has 4 heteroatoms. The summed E-state index contributed by atoms with van der Waals surface area (Å²) in [5.74, 6) is 1.63. The molecule has 3 nitrogen and oxygen atoms in total. The van der Waals surface area contributed by atoms with E-state index in [2.05, 4.69) is 9.36 Å². The van der Waals surface area contributed by atoms with E-state index >= 15 is 0 Å². The number of ketones is 1. The van der Waals surface area contributed by atoms with Crippen LogP contribution in [0.2, 0.25) is 0 Å². The van der Waals surface area contributed by atoms with Gasteiger partial charge in [-0.1, -0.05) is 0 Å². The standard InChI is InChI=1S/C9H12N2OS/c1-5(6(2)12)9-10-8(11-13-9)7-3-4-7/h5,7H,3-4H2,1-2H3. The van der Waals surface area contributed by atoms with Gasteiger partial charge in [0.25, 0.3) is 0 Å². The molecule has 0 bridgehead atoms. The second-order valence-corrected chi connectivity index (χ2v) is 4.38. The largest absolute Gasteiger partial charge is 0.299 e. The summed E-state index contributed by atoms with van der Waals surface area (Å²) in [6.07, 6.45) is 2.43. The second kappa shape index (κ2) is 3.18. The van der Waals surface area contributed by atoms with Gasteiger partial charge in [-0.15, -0.1) is 0 Å². The van der Waals surface area contributed by atoms with Crippen molar-refractivity contribution in [1.82, 2.24) is 9.36 Å². The summed E-state index contributed by atoms with van der Waals surface area (Å²) in [4.78, 5) is 15.5. The number of hydrogen-bond acceptors (Lipinski definition) is 4. The molecule has 0 aliphatic heterocycles. The maximum Gasteiger partial charge on any atom is 0.145 e. The number of hydrogen-bond donors (Lipinski definition) is 0. The maximum atomic E-state index is 11.1. The van der Waals surface area contributed by atoms with Crippen molar-refractivity contribution in [3.05, 3.63) is 10.8 Å². The molecule has 0 N–H and O–H groups in total. The molecule has 1 atom stereocenters. The van der Waals surface area contributed by atoms with Gasteiger partial charge in [0, 0.05) is 5.92 Å². The Bertz CT molecular complexity index is 330. The first-order valence-corrected chi connectivity index (χ1v) is 5.29. The zero-order chi connectivity index (χ0) is 9.42. The fourth-order valence-corrected chi connectivity index (χ4v) is 1.94. The quantitative estimate of drug-likeness (QED) is 0.743. The first kappa shape index (κ1) is 8.81. The second-order valence-electron chi connectivity index (χ2n) is 3.60. The molecule has 1 aromatic heterocycles. The highest BCUT2D eigenvalue weighted by atomic mass is 32.1. The van der Waals surface area contributed by atoms with E-state index in [4.69, 9.17) is 0 Å². The SMILES string of the molecule is CC(=O)C(C)c1nc(C2CC2)ns1. The Morgan fingerprint density at radius 1 is 1.62 bits per heavy atom. The monoisotopic (exact) mass is 196 g/mol. The summed E-state index contributed by atoms with van der Waals surface area (Å²) in [5.41, 5.74) is 0. The van der Waals surface area contributed by atoms with Gasteiger partial charge in [0.05, 0.1) is 5.92 Å². The van der Waals surface area contributed by atoms with Gasteiger partial charge in [-0.25, -0.2) is 4.98 Å². The first-order valence-electron chi connectivity index (χ1n) is 4.52. The van der Waals surface area contributed by atoms with Gasteiger partial charge >= 0.3 is 0 Å². The Kier molecular flexibility index (Phi) is 2.15. The molecule has 1 fully saturated rings. The van der Waals surface area contributed by atoms with Crippen molar-refractivity contribution in [3.63, 3.8) is 0 Å². The summed E-state index contributed by atoms with van der Waals surface area (Å²) >= 11 is 1.37. The van der Waals surface area contributed by atoms with E-state index in [-0.39, 0.29) is 11.7 Å². The maximum absolute atomic E-state index is 11.1. The normalized spacial score (nSPS) is 18.6. The van der Waals surface area contributed by atoms with Crippen LogP contribution >= 0.6 is 11.5 Å². The number of carbonyl (C=O) groups excluding carboxylic acids is 1. The molecule has 1 saturated carbocycles. The predicted molar refractivity (Wildman–Crippen MR) is 51.0 cm³/mol. The zero-order valence-corrected chi connectivity index (χ0v) is 8.60. The highest BCUT2D eigenvalue weighted by Gasteiger charge is 2.28. The molecule has 1 heterocycles. The predicted octanol–water partition coefficient (Wildman–Crippen LogP) is 2.11. The van der Waals surface area contributed by atoms with Crippen LogP contribution in [0.4, 0.5) is 0 Å². The number of aromatic nitrogens is 2. The summed E-state index contributed by atoms with van der Waals surface area (Å²) in [5, 5.41) is 0.870. The Morgan fingerprint density at radius 3 is 2.85 bits per heavy atom. The molecule has 2 rings (SSSR count). The third kappa shape index (κ3) is 1.77. The van der Waals surface area contributed by atoms with E-state index in [1.54, 1.807) is 6.92 Å². The molecule has 0 spiro atoms. The summed E-state index contributed by atoms with van der Waals surface area (Å²) in [6, 6.07) is 0. The number of Topliss-reactive ketones (excluding diaryl/α,β-unsaturated/α-hetero) is 1. The molecular formula is C9H12N2OS. The van der Waals surface area contributed by atoms with E-state index in [0.717, 1.165) is 10.8 Å². The van der Waals surface area contributed by atoms with Gasteiger partial charge in [0.15, 0.2) is 0 Å². The van der Waals surface area contributed by atoms with Crippen molar-refractivity contribution >= 4 is 17.3 Å². The summed E-state index contributed by atoms with van der Waals surface area (Å²) in [6.45, 7) is 3.49. The summed E-state index contributed by atoms with van der Waals surface area (Å²) < 4.78 is 4.26. The average molecular weight is 196 g/mol. The zero-order valence-electron chi connectivity index (χ0n) is 7.78. The topological polar surface area (TPSA) is 42.9 Å². The van der Waals surface area contributed by atoms with Crippen LogP contribution in [0.3, 0.4) is 0 Å². The fourth-order valence-electron chi connectivity index (χ4n) is 1.10. The van der Waals surface area contributed by atoms with Crippen LogP contribution in [-0.4, -0.2) is 15.1 Å². The van der Waals surface area contributed by atoms with Crippen molar-refractivity contribution in [2.45, 2.75) is 38.5 Å². The van der Waals surface area contributed by atoms with Gasteiger partial charge < -0.3 is 0 Å². The Labute approximate surface area is 81.4 Å². The van der Waals surface area contributed by atoms with Gasteiger partial charge in [-0.3, -0.25) is 4.79 Å². The van der Waals surface area contributed by atoms with Crippen molar-refractivity contribution < 1.29 is 4.79 Å². The van der Waals surface area contributed by atoms with Crippen LogP contribution in [0.15, 0.2) is 0 Å². The molecule has 1 aromatic rings. The van der Waals surface area contributed by atoms with Crippen molar-refractivity contribution in [3.8, 4) is 0 Å². The van der Waals surface area contributed by atoms with Crippen LogP contribution in [-0.2, 0) is 4.79 Å². The molecule has 1 aliphatic rings. The third-order valence-corrected chi connectivity index (χ3v) is 3.29. The number of nitrogens with zero attached hydrogens (tertiary/aromatic N) is 2. The Morgan fingerprint density at radius 2 is 2.31 bits per heavy atom. The van der Waals surface area contributed by atoms with Crippen LogP contribution in [0, 0.1) is 0 Å². The van der Waals surface area contributed by atoms with Gasteiger partial charge in [0.2, 0.25) is 0 Å². The van der Waals surface area contributed by atoms with E-state index < -0.39 is 0 Å². The number of carbonyl (C=O) groups is 1. The lowest BCUT2D eigenvalue weighted by molar-refractivity contribution is -0.118. The van der Waals surface area contributed by atoms with Crippen molar-refractivity contribution in [2.75, 3.05) is 0 Å². The van der Waals surface area contributed by atoms with E-state index in [1.807, 2.05) is 6.92 Å². The van der Waals surface area contributed by atoms with E-state index in [1.165, 1.54) is 24.4 Å². The van der Waals surface area contributed by atoms with Crippen molar-refractivity contribution in [2.24, 2.45) is 0 Å². The molecule has 13 heavy (non-hydrogen) atoms. The minimum Gasteiger partial charge on any atom is -0.299 e. The molecule has 0 radical (unpaired) electrons. The molecule has 1 aliphatic carbocycles. The van der Waals surface area contributed by atoms with E-state index in [9.17, 15) is 4.79 Å². The van der Waals surface area contributed by atoms with Crippen LogP contribution in [0.25, 0.3) is 0 Å². The van der Waals surface area contributed by atoms with Crippen molar-refractivity contribution in [1.29, 1.82) is 0 Å². The summed E-state index contributed by atoms with van der Waals surface area (Å²) in [7, 11) is 0. The molecular weight excluding hydrogens is 184 g/mol.